The predicted octanol–water partition coefficient (Wildman–Crippen LogP) is 3.68. The summed E-state index contributed by atoms with van der Waals surface area (Å²) in [4.78, 5) is 12.3. The van der Waals surface area contributed by atoms with Crippen molar-refractivity contribution in [1.82, 2.24) is 0 Å². The average molecular weight is 238 g/mol. The van der Waals surface area contributed by atoms with Crippen molar-refractivity contribution in [2.45, 2.75) is 6.92 Å². The van der Waals surface area contributed by atoms with Crippen molar-refractivity contribution in [2.24, 2.45) is 0 Å². The van der Waals surface area contributed by atoms with Crippen LogP contribution in [0.25, 0.3) is 5.57 Å². The van der Waals surface area contributed by atoms with Gasteiger partial charge < -0.3 is 5.11 Å². The molecule has 0 spiro atoms. The van der Waals surface area contributed by atoms with Crippen LogP contribution >= 0.6 is 0 Å². The molecule has 0 saturated heterocycles. The Hall–Kier alpha value is -2.35. The molecule has 0 fully saturated rings. The molecule has 0 aromatic heterocycles. The lowest BCUT2D eigenvalue weighted by atomic mass is 9.96. The number of benzene rings is 2. The largest absolute Gasteiger partial charge is 0.508 e. The summed E-state index contributed by atoms with van der Waals surface area (Å²) in [6.07, 6.45) is 1.79. The monoisotopic (exact) mass is 238 g/mol. The second kappa shape index (κ2) is 5.32. The smallest absolute Gasteiger partial charge is 0.193 e. The molecule has 1 N–H and O–H groups in total. The van der Waals surface area contributed by atoms with E-state index < -0.39 is 0 Å². The number of rotatable bonds is 3. The zero-order chi connectivity index (χ0) is 13.0. The van der Waals surface area contributed by atoms with Gasteiger partial charge in [-0.2, -0.15) is 0 Å². The summed E-state index contributed by atoms with van der Waals surface area (Å²) in [7, 11) is 0. The summed E-state index contributed by atoms with van der Waals surface area (Å²) >= 11 is 0. The van der Waals surface area contributed by atoms with Crippen molar-refractivity contribution in [3.05, 3.63) is 71.8 Å². The molecule has 0 aliphatic rings. The van der Waals surface area contributed by atoms with Crippen LogP contribution in [0.3, 0.4) is 0 Å². The number of hydrogen-bond acceptors (Lipinski definition) is 2. The van der Waals surface area contributed by atoms with Gasteiger partial charge in [-0.1, -0.05) is 48.5 Å². The van der Waals surface area contributed by atoms with E-state index in [-0.39, 0.29) is 11.5 Å². The first-order chi connectivity index (χ1) is 8.72. The lowest BCUT2D eigenvalue weighted by molar-refractivity contribution is 0.105. The highest BCUT2D eigenvalue weighted by Gasteiger charge is 2.12. The third kappa shape index (κ3) is 2.48. The molecule has 2 rings (SSSR count). The van der Waals surface area contributed by atoms with E-state index in [1.54, 1.807) is 42.5 Å². The molecular formula is C16H14O2. The normalized spacial score (nSPS) is 11.3. The second-order valence-corrected chi connectivity index (χ2v) is 3.94. The van der Waals surface area contributed by atoms with E-state index in [4.69, 9.17) is 0 Å². The third-order valence-corrected chi connectivity index (χ3v) is 2.75. The summed E-state index contributed by atoms with van der Waals surface area (Å²) in [6.45, 7) is 1.84. The van der Waals surface area contributed by atoms with Crippen LogP contribution in [0, 0.1) is 0 Å². The molecule has 18 heavy (non-hydrogen) atoms. The van der Waals surface area contributed by atoms with E-state index in [9.17, 15) is 9.90 Å². The summed E-state index contributed by atoms with van der Waals surface area (Å²) in [5.74, 6) is 0.185. The number of aromatic hydroxyl groups is 1. The Morgan fingerprint density at radius 1 is 0.944 bits per heavy atom. The minimum Gasteiger partial charge on any atom is -0.508 e. The molecule has 0 atom stereocenters. The zero-order valence-corrected chi connectivity index (χ0v) is 10.1. The van der Waals surface area contributed by atoms with Crippen molar-refractivity contribution in [3.63, 3.8) is 0 Å². The van der Waals surface area contributed by atoms with E-state index in [1.165, 1.54) is 0 Å². The van der Waals surface area contributed by atoms with Crippen LogP contribution < -0.4 is 0 Å². The molecule has 0 aliphatic heterocycles. The summed E-state index contributed by atoms with van der Waals surface area (Å²) in [5.41, 5.74) is 2.11. The lowest BCUT2D eigenvalue weighted by Gasteiger charge is -2.06. The predicted molar refractivity (Wildman–Crippen MR) is 72.5 cm³/mol. The highest BCUT2D eigenvalue weighted by atomic mass is 16.3. The highest BCUT2D eigenvalue weighted by Crippen LogP contribution is 2.21. The Labute approximate surface area is 106 Å². The molecule has 90 valence electrons. The van der Waals surface area contributed by atoms with Crippen LogP contribution in [0.15, 0.2) is 60.7 Å². The van der Waals surface area contributed by atoms with Gasteiger partial charge in [0.2, 0.25) is 0 Å². The van der Waals surface area contributed by atoms with Gasteiger partial charge in [0.1, 0.15) is 5.75 Å². The molecule has 0 saturated carbocycles. The lowest BCUT2D eigenvalue weighted by Crippen LogP contribution is -2.02. The maximum absolute atomic E-state index is 12.3. The van der Waals surface area contributed by atoms with Gasteiger partial charge in [-0.05, 0) is 24.6 Å². The van der Waals surface area contributed by atoms with Gasteiger partial charge in [0.05, 0.1) is 0 Å². The topological polar surface area (TPSA) is 37.3 Å². The Balaban J connectivity index is 2.36. The van der Waals surface area contributed by atoms with E-state index >= 15 is 0 Å². The molecule has 0 bridgehead atoms. The number of carbonyl (C=O) groups excluding carboxylic acids is 1. The number of phenolic OH excluding ortho intramolecular Hbond substituents is 1. The zero-order valence-electron chi connectivity index (χ0n) is 10.1. The standard InChI is InChI=1S/C16H14O2/c1-2-15(12-8-10-14(17)11-9-12)16(18)13-6-4-3-5-7-13/h2-11,17H,1H3/b15-2+. The van der Waals surface area contributed by atoms with E-state index in [0.717, 1.165) is 5.56 Å². The van der Waals surface area contributed by atoms with E-state index in [1.807, 2.05) is 25.1 Å². The second-order valence-electron chi connectivity index (χ2n) is 3.94. The quantitative estimate of drug-likeness (QED) is 0.654. The van der Waals surface area contributed by atoms with Crippen molar-refractivity contribution in [2.75, 3.05) is 0 Å². The van der Waals surface area contributed by atoms with Gasteiger partial charge in [0.25, 0.3) is 0 Å². The van der Waals surface area contributed by atoms with E-state index in [0.29, 0.717) is 11.1 Å². The number of ketones is 1. The number of allylic oxidation sites excluding steroid dienone is 2. The van der Waals surface area contributed by atoms with Gasteiger partial charge in [-0.15, -0.1) is 0 Å². The van der Waals surface area contributed by atoms with Crippen LogP contribution in [0.1, 0.15) is 22.8 Å². The summed E-state index contributed by atoms with van der Waals surface area (Å²) < 4.78 is 0. The van der Waals surface area contributed by atoms with Gasteiger partial charge >= 0.3 is 0 Å². The Bertz CT molecular complexity index is 566. The summed E-state index contributed by atoms with van der Waals surface area (Å²) in [6, 6.07) is 15.8. The first-order valence-electron chi connectivity index (χ1n) is 5.78. The number of phenols is 1. The van der Waals surface area contributed by atoms with Gasteiger partial charge in [-0.25, -0.2) is 0 Å². The van der Waals surface area contributed by atoms with Crippen LogP contribution in [-0.2, 0) is 0 Å². The molecule has 0 aliphatic carbocycles. The van der Waals surface area contributed by atoms with Crippen LogP contribution in [0.5, 0.6) is 5.75 Å². The molecule has 0 heterocycles. The minimum atomic E-state index is -0.0104. The minimum absolute atomic E-state index is 0.0104. The molecule has 0 unspecified atom stereocenters. The van der Waals surface area contributed by atoms with Gasteiger partial charge in [0, 0.05) is 11.1 Å². The molecular weight excluding hydrogens is 224 g/mol. The van der Waals surface area contributed by atoms with E-state index in [2.05, 4.69) is 0 Å². The maximum atomic E-state index is 12.3. The fourth-order valence-electron chi connectivity index (χ4n) is 1.81. The highest BCUT2D eigenvalue weighted by molar-refractivity contribution is 6.28. The van der Waals surface area contributed by atoms with Crippen molar-refractivity contribution < 1.29 is 9.90 Å². The summed E-state index contributed by atoms with van der Waals surface area (Å²) in [5, 5.41) is 9.26. The average Bonchev–Trinajstić information content (AvgIpc) is 2.42. The number of carbonyl (C=O) groups is 1. The fourth-order valence-corrected chi connectivity index (χ4v) is 1.81. The van der Waals surface area contributed by atoms with Crippen LogP contribution in [0.4, 0.5) is 0 Å². The van der Waals surface area contributed by atoms with Crippen molar-refractivity contribution >= 4 is 11.4 Å². The molecule has 2 nitrogen and oxygen atoms in total. The maximum Gasteiger partial charge on any atom is 0.193 e. The Morgan fingerprint density at radius 3 is 2.11 bits per heavy atom. The van der Waals surface area contributed by atoms with Crippen LogP contribution in [-0.4, -0.2) is 10.9 Å². The van der Waals surface area contributed by atoms with Crippen LogP contribution in [0.2, 0.25) is 0 Å². The van der Waals surface area contributed by atoms with Gasteiger partial charge in [-0.3, -0.25) is 4.79 Å². The number of Topliss-reactive ketones (excluding diaryl/α,β-unsaturated/α-hetero) is 1. The first kappa shape index (κ1) is 12.1. The molecule has 2 aromatic carbocycles. The number of hydrogen-bond donors (Lipinski definition) is 1. The Morgan fingerprint density at radius 2 is 1.56 bits per heavy atom. The Kier molecular flexibility index (Phi) is 3.58. The fraction of sp³-hybridized carbons (Fsp3) is 0.0625. The molecule has 0 amide bonds. The van der Waals surface area contributed by atoms with Crippen molar-refractivity contribution in [3.8, 4) is 5.75 Å². The van der Waals surface area contributed by atoms with Gasteiger partial charge in [0.15, 0.2) is 5.78 Å². The first-order valence-corrected chi connectivity index (χ1v) is 5.78. The SMILES string of the molecule is C/C=C(/C(=O)c1ccccc1)c1ccc(O)cc1. The molecule has 2 heteroatoms. The third-order valence-electron chi connectivity index (χ3n) is 2.75. The molecule has 0 radical (unpaired) electrons. The van der Waals surface area contributed by atoms with Crippen molar-refractivity contribution in [1.29, 1.82) is 0 Å². The molecule has 2 aromatic rings.